The van der Waals surface area contributed by atoms with Crippen molar-refractivity contribution in [2.75, 3.05) is 11.5 Å². The maximum Gasteiger partial charge on any atom is 0.389 e. The standard InChI is InChI=1S/C9H14F3NO4S/c1-6(14)13-7(8(15)16)5-18(17)4-2-3-9(10,11)12/h7H,2-5H2,1H3,(H,13,14)(H,15,16). The Labute approximate surface area is 104 Å². The second kappa shape index (κ2) is 7.34. The van der Waals surface area contributed by atoms with E-state index in [0.29, 0.717) is 0 Å². The van der Waals surface area contributed by atoms with Crippen LogP contribution in [0.2, 0.25) is 0 Å². The Morgan fingerprint density at radius 1 is 1.39 bits per heavy atom. The molecule has 2 N–H and O–H groups in total. The van der Waals surface area contributed by atoms with Crippen LogP contribution in [0.25, 0.3) is 0 Å². The molecule has 0 aromatic carbocycles. The third-order valence-electron chi connectivity index (χ3n) is 1.86. The van der Waals surface area contributed by atoms with Gasteiger partial charge in [-0.3, -0.25) is 9.00 Å². The Kier molecular flexibility index (Phi) is 6.89. The molecule has 9 heteroatoms. The molecule has 0 radical (unpaired) electrons. The van der Waals surface area contributed by atoms with Crippen LogP contribution in [0, 0.1) is 0 Å². The largest absolute Gasteiger partial charge is 0.480 e. The van der Waals surface area contributed by atoms with Crippen molar-refractivity contribution in [3.05, 3.63) is 0 Å². The molecule has 0 saturated heterocycles. The number of carboxylic acid groups (broad SMARTS) is 1. The average Bonchev–Trinajstić information content (AvgIpc) is 2.13. The Morgan fingerprint density at radius 2 is 1.94 bits per heavy atom. The maximum atomic E-state index is 11.8. The fourth-order valence-electron chi connectivity index (χ4n) is 1.12. The first kappa shape index (κ1) is 16.9. The molecule has 5 nitrogen and oxygen atoms in total. The van der Waals surface area contributed by atoms with Crippen molar-refractivity contribution in [3.63, 3.8) is 0 Å². The van der Waals surface area contributed by atoms with E-state index in [9.17, 15) is 27.0 Å². The molecule has 0 aliphatic heterocycles. The summed E-state index contributed by atoms with van der Waals surface area (Å²) in [4.78, 5) is 21.3. The van der Waals surface area contributed by atoms with Gasteiger partial charge >= 0.3 is 12.1 Å². The number of aliphatic carboxylic acids is 1. The molecule has 0 bridgehead atoms. The number of hydrogen-bond acceptors (Lipinski definition) is 3. The molecule has 0 aromatic rings. The number of carbonyl (C=O) groups excluding carboxylic acids is 1. The van der Waals surface area contributed by atoms with Gasteiger partial charge in [-0.2, -0.15) is 13.2 Å². The molecule has 0 saturated carbocycles. The molecular weight excluding hydrogens is 275 g/mol. The SMILES string of the molecule is CC(=O)NC(CS(=O)CCCC(F)(F)F)C(=O)O. The summed E-state index contributed by atoms with van der Waals surface area (Å²) in [5, 5.41) is 10.8. The van der Waals surface area contributed by atoms with Crippen molar-refractivity contribution in [1.29, 1.82) is 0 Å². The molecule has 2 unspecified atom stereocenters. The summed E-state index contributed by atoms with van der Waals surface area (Å²) in [6, 6.07) is -1.34. The quantitative estimate of drug-likeness (QED) is 0.721. The van der Waals surface area contributed by atoms with Gasteiger partial charge in [0.2, 0.25) is 5.91 Å². The van der Waals surface area contributed by atoms with Crippen LogP contribution in [-0.4, -0.2) is 44.9 Å². The van der Waals surface area contributed by atoms with Crippen LogP contribution in [0.3, 0.4) is 0 Å². The van der Waals surface area contributed by atoms with E-state index in [0.717, 1.165) is 6.92 Å². The van der Waals surface area contributed by atoms with E-state index in [1.54, 1.807) is 0 Å². The number of carbonyl (C=O) groups is 2. The molecule has 0 aliphatic rings. The number of hydrogen-bond donors (Lipinski definition) is 2. The molecule has 0 rings (SSSR count). The minimum atomic E-state index is -4.31. The van der Waals surface area contributed by atoms with Gasteiger partial charge in [-0.25, -0.2) is 4.79 Å². The summed E-state index contributed by atoms with van der Waals surface area (Å²) in [7, 11) is -1.72. The van der Waals surface area contributed by atoms with Crippen LogP contribution in [0.15, 0.2) is 0 Å². The summed E-state index contributed by atoms with van der Waals surface area (Å²) in [5.41, 5.74) is 0. The minimum absolute atomic E-state index is 0.247. The molecule has 0 spiro atoms. The normalized spacial score (nSPS) is 14.9. The van der Waals surface area contributed by atoms with Crippen LogP contribution in [0.5, 0.6) is 0 Å². The summed E-state index contributed by atoms with van der Waals surface area (Å²) >= 11 is 0. The lowest BCUT2D eigenvalue weighted by atomic mass is 10.3. The van der Waals surface area contributed by atoms with Gasteiger partial charge in [0.15, 0.2) is 0 Å². The molecular formula is C9H14F3NO4S. The summed E-state index contributed by atoms with van der Waals surface area (Å²) in [6.07, 6.45) is -5.70. The van der Waals surface area contributed by atoms with Crippen LogP contribution in [-0.2, 0) is 20.4 Å². The predicted octanol–water partition coefficient (Wildman–Crippen LogP) is 0.667. The van der Waals surface area contributed by atoms with Gasteiger partial charge in [0.25, 0.3) is 0 Å². The minimum Gasteiger partial charge on any atom is -0.480 e. The highest BCUT2D eigenvalue weighted by molar-refractivity contribution is 7.85. The Bertz CT molecular complexity index is 332. The van der Waals surface area contributed by atoms with Crippen LogP contribution >= 0.6 is 0 Å². The second-order valence-electron chi connectivity index (χ2n) is 3.62. The highest BCUT2D eigenvalue weighted by Gasteiger charge is 2.27. The number of halogens is 3. The van der Waals surface area contributed by atoms with Crippen LogP contribution in [0.1, 0.15) is 19.8 Å². The number of amides is 1. The van der Waals surface area contributed by atoms with E-state index < -0.39 is 47.1 Å². The fourth-order valence-corrected chi connectivity index (χ4v) is 2.35. The van der Waals surface area contributed by atoms with Gasteiger partial charge in [-0.15, -0.1) is 0 Å². The van der Waals surface area contributed by atoms with Gasteiger partial charge in [-0.1, -0.05) is 0 Å². The molecule has 0 heterocycles. The first-order chi connectivity index (χ1) is 8.11. The monoisotopic (exact) mass is 289 g/mol. The van der Waals surface area contributed by atoms with Crippen molar-refractivity contribution >= 4 is 22.7 Å². The first-order valence-corrected chi connectivity index (χ1v) is 6.52. The van der Waals surface area contributed by atoms with E-state index in [-0.39, 0.29) is 12.2 Å². The van der Waals surface area contributed by atoms with Gasteiger partial charge in [0, 0.05) is 29.9 Å². The third kappa shape index (κ3) is 8.97. The van der Waals surface area contributed by atoms with E-state index in [1.165, 1.54) is 0 Å². The Balaban J connectivity index is 4.11. The highest BCUT2D eigenvalue weighted by atomic mass is 32.2. The summed E-state index contributed by atoms with van der Waals surface area (Å²) < 4.78 is 46.8. The zero-order valence-electron chi connectivity index (χ0n) is 9.62. The molecule has 18 heavy (non-hydrogen) atoms. The molecule has 0 fully saturated rings. The molecule has 106 valence electrons. The zero-order chi connectivity index (χ0) is 14.3. The van der Waals surface area contributed by atoms with E-state index in [4.69, 9.17) is 5.11 Å². The molecule has 1 amide bonds. The van der Waals surface area contributed by atoms with E-state index in [2.05, 4.69) is 5.32 Å². The summed E-state index contributed by atoms with van der Waals surface area (Å²) in [5.74, 6) is -2.61. The predicted molar refractivity (Wildman–Crippen MR) is 58.4 cm³/mol. The Hall–Kier alpha value is -1.12. The van der Waals surface area contributed by atoms with Crippen LogP contribution in [0.4, 0.5) is 13.2 Å². The number of carboxylic acids is 1. The lowest BCUT2D eigenvalue weighted by molar-refractivity contribution is -0.140. The lowest BCUT2D eigenvalue weighted by Gasteiger charge is -2.13. The maximum absolute atomic E-state index is 11.8. The zero-order valence-corrected chi connectivity index (χ0v) is 10.4. The molecule has 0 aromatic heterocycles. The van der Waals surface area contributed by atoms with E-state index >= 15 is 0 Å². The number of rotatable bonds is 7. The van der Waals surface area contributed by atoms with Crippen LogP contribution < -0.4 is 5.32 Å². The lowest BCUT2D eigenvalue weighted by Crippen LogP contribution is -2.43. The van der Waals surface area contributed by atoms with Crippen molar-refractivity contribution in [2.45, 2.75) is 32.0 Å². The van der Waals surface area contributed by atoms with Gasteiger partial charge in [0.05, 0.1) is 5.75 Å². The van der Waals surface area contributed by atoms with Crippen molar-refractivity contribution in [3.8, 4) is 0 Å². The van der Waals surface area contributed by atoms with Crippen molar-refractivity contribution in [2.24, 2.45) is 0 Å². The van der Waals surface area contributed by atoms with E-state index in [1.807, 2.05) is 0 Å². The van der Waals surface area contributed by atoms with Gasteiger partial charge in [0.1, 0.15) is 6.04 Å². The van der Waals surface area contributed by atoms with Crippen molar-refractivity contribution < 1.29 is 32.1 Å². The molecule has 2 atom stereocenters. The number of alkyl halides is 3. The second-order valence-corrected chi connectivity index (χ2v) is 5.24. The first-order valence-electron chi connectivity index (χ1n) is 5.03. The smallest absolute Gasteiger partial charge is 0.389 e. The Morgan fingerprint density at radius 3 is 2.33 bits per heavy atom. The van der Waals surface area contributed by atoms with Gasteiger partial charge in [-0.05, 0) is 6.42 Å². The highest BCUT2D eigenvalue weighted by Crippen LogP contribution is 2.21. The van der Waals surface area contributed by atoms with Crippen molar-refractivity contribution in [1.82, 2.24) is 5.32 Å². The fraction of sp³-hybridized carbons (Fsp3) is 0.778. The number of nitrogens with one attached hydrogen (secondary N) is 1. The van der Waals surface area contributed by atoms with Gasteiger partial charge < -0.3 is 10.4 Å². The molecule has 0 aliphatic carbocycles. The summed E-state index contributed by atoms with van der Waals surface area (Å²) in [6.45, 7) is 1.10. The average molecular weight is 289 g/mol. The third-order valence-corrected chi connectivity index (χ3v) is 3.31. The topological polar surface area (TPSA) is 83.5 Å².